The molecule has 138 valence electrons. The van der Waals surface area contributed by atoms with Gasteiger partial charge in [0.05, 0.1) is 18.6 Å². The minimum atomic E-state index is -0.736. The van der Waals surface area contributed by atoms with Gasteiger partial charge in [0.15, 0.2) is 5.82 Å². The summed E-state index contributed by atoms with van der Waals surface area (Å²) in [5.41, 5.74) is 0.679. The van der Waals surface area contributed by atoms with Crippen LogP contribution < -0.4 is 5.32 Å². The van der Waals surface area contributed by atoms with Crippen LogP contribution >= 0.6 is 0 Å². The van der Waals surface area contributed by atoms with E-state index >= 15 is 0 Å². The molecule has 0 unspecified atom stereocenters. The van der Waals surface area contributed by atoms with E-state index in [9.17, 15) is 14.9 Å². The van der Waals surface area contributed by atoms with Crippen LogP contribution in [0.3, 0.4) is 0 Å². The van der Waals surface area contributed by atoms with Gasteiger partial charge in [0.2, 0.25) is 0 Å². The third-order valence-corrected chi connectivity index (χ3v) is 4.53. The topological polar surface area (TPSA) is 112 Å². The molecule has 1 aromatic heterocycles. The molecular formula is C17H21N5O4. The number of rotatable bonds is 5. The summed E-state index contributed by atoms with van der Waals surface area (Å²) < 4.78 is 6.80. The van der Waals surface area contributed by atoms with Crippen molar-refractivity contribution in [3.05, 3.63) is 45.0 Å². The van der Waals surface area contributed by atoms with Crippen LogP contribution in [0.4, 0.5) is 11.4 Å². The number of hydrogen-bond acceptors (Lipinski definition) is 7. The number of nitrogens with zero attached hydrogens (tertiary/aromatic N) is 4. The van der Waals surface area contributed by atoms with Crippen LogP contribution in [0.1, 0.15) is 46.8 Å². The fourth-order valence-electron chi connectivity index (χ4n) is 3.25. The first-order chi connectivity index (χ1) is 12.5. The molecule has 3 rings (SSSR count). The van der Waals surface area contributed by atoms with Crippen molar-refractivity contribution in [3.8, 4) is 0 Å². The number of methoxy groups -OCH3 is 1. The SMILES string of the molecule is COC(=O)c1cc(NCc2nnc3n2CCCCC3)cc(C)c1[N+](=O)[O-]. The number of aromatic nitrogens is 3. The largest absolute Gasteiger partial charge is 0.465 e. The molecule has 0 aliphatic carbocycles. The standard InChI is InChI=1S/C17H21N5O4/c1-11-8-12(9-13(17(23)26-2)16(11)22(24)25)18-10-15-20-19-14-6-4-3-5-7-21(14)15/h8-9,18H,3-7,10H2,1-2H3. The minimum Gasteiger partial charge on any atom is -0.465 e. The molecule has 0 atom stereocenters. The number of carbonyl (C=O) groups is 1. The Labute approximate surface area is 150 Å². The van der Waals surface area contributed by atoms with Crippen LogP contribution in [-0.2, 0) is 24.2 Å². The van der Waals surface area contributed by atoms with Crippen molar-refractivity contribution in [2.45, 2.75) is 45.7 Å². The van der Waals surface area contributed by atoms with Crippen molar-refractivity contribution in [1.82, 2.24) is 14.8 Å². The lowest BCUT2D eigenvalue weighted by Gasteiger charge is -2.11. The molecule has 0 radical (unpaired) electrons. The van der Waals surface area contributed by atoms with Crippen molar-refractivity contribution >= 4 is 17.3 Å². The number of fused-ring (bicyclic) bond motifs is 1. The monoisotopic (exact) mass is 359 g/mol. The van der Waals surface area contributed by atoms with Gasteiger partial charge in [-0.05, 0) is 31.9 Å². The maximum atomic E-state index is 11.9. The molecule has 0 spiro atoms. The van der Waals surface area contributed by atoms with Crippen molar-refractivity contribution < 1.29 is 14.5 Å². The van der Waals surface area contributed by atoms with Crippen LogP contribution in [0.25, 0.3) is 0 Å². The molecule has 0 saturated carbocycles. The van der Waals surface area contributed by atoms with Crippen molar-refractivity contribution in [3.63, 3.8) is 0 Å². The second kappa shape index (κ2) is 7.51. The zero-order chi connectivity index (χ0) is 18.7. The Bertz CT molecular complexity index is 846. The second-order valence-electron chi connectivity index (χ2n) is 6.29. The number of anilines is 1. The van der Waals surface area contributed by atoms with Crippen molar-refractivity contribution in [1.29, 1.82) is 0 Å². The van der Waals surface area contributed by atoms with Gasteiger partial charge in [-0.3, -0.25) is 10.1 Å². The summed E-state index contributed by atoms with van der Waals surface area (Å²) in [5.74, 6) is 1.08. The highest BCUT2D eigenvalue weighted by molar-refractivity contribution is 5.95. The lowest BCUT2D eigenvalue weighted by Crippen LogP contribution is -2.12. The highest BCUT2D eigenvalue weighted by atomic mass is 16.6. The number of carbonyl (C=O) groups excluding carboxylic acids is 1. The highest BCUT2D eigenvalue weighted by Crippen LogP contribution is 2.28. The van der Waals surface area contributed by atoms with Gasteiger partial charge in [0, 0.05) is 24.2 Å². The van der Waals surface area contributed by atoms with Gasteiger partial charge in [0.25, 0.3) is 5.69 Å². The van der Waals surface area contributed by atoms with Gasteiger partial charge in [-0.25, -0.2) is 4.79 Å². The maximum absolute atomic E-state index is 11.9. The molecule has 1 aromatic carbocycles. The smallest absolute Gasteiger partial charge is 0.344 e. The summed E-state index contributed by atoms with van der Waals surface area (Å²) >= 11 is 0. The quantitative estimate of drug-likeness (QED) is 0.496. The van der Waals surface area contributed by atoms with E-state index in [4.69, 9.17) is 0 Å². The molecule has 9 heteroatoms. The lowest BCUT2D eigenvalue weighted by atomic mass is 10.1. The van der Waals surface area contributed by atoms with E-state index in [-0.39, 0.29) is 11.3 Å². The normalized spacial score (nSPS) is 13.6. The molecule has 0 fully saturated rings. The summed E-state index contributed by atoms with van der Waals surface area (Å²) in [7, 11) is 1.20. The molecule has 0 bridgehead atoms. The molecule has 26 heavy (non-hydrogen) atoms. The second-order valence-corrected chi connectivity index (χ2v) is 6.29. The van der Waals surface area contributed by atoms with E-state index in [0.717, 1.165) is 37.5 Å². The molecule has 0 amide bonds. The number of aryl methyl sites for hydroxylation is 2. The number of esters is 1. The lowest BCUT2D eigenvalue weighted by molar-refractivity contribution is -0.385. The first-order valence-corrected chi connectivity index (χ1v) is 8.53. The Morgan fingerprint density at radius 2 is 2.15 bits per heavy atom. The molecular weight excluding hydrogens is 338 g/mol. The summed E-state index contributed by atoms with van der Waals surface area (Å²) in [6.07, 6.45) is 4.33. The van der Waals surface area contributed by atoms with E-state index in [0.29, 0.717) is 17.8 Å². The molecule has 2 aromatic rings. The maximum Gasteiger partial charge on any atom is 0.344 e. The molecule has 9 nitrogen and oxygen atoms in total. The average Bonchev–Trinajstić information content (AvgIpc) is 2.84. The Balaban J connectivity index is 1.85. The van der Waals surface area contributed by atoms with E-state index in [2.05, 4.69) is 24.8 Å². The van der Waals surface area contributed by atoms with E-state index in [1.54, 1.807) is 13.0 Å². The van der Waals surface area contributed by atoms with Crippen LogP contribution in [0.15, 0.2) is 12.1 Å². The average molecular weight is 359 g/mol. The first kappa shape index (κ1) is 17.8. The van der Waals surface area contributed by atoms with E-state index < -0.39 is 10.9 Å². The van der Waals surface area contributed by atoms with Crippen LogP contribution in [0.2, 0.25) is 0 Å². The zero-order valence-electron chi connectivity index (χ0n) is 14.8. The number of ether oxygens (including phenoxy) is 1. The summed E-state index contributed by atoms with van der Waals surface area (Å²) in [4.78, 5) is 22.6. The Kier molecular flexibility index (Phi) is 5.15. The number of benzene rings is 1. The minimum absolute atomic E-state index is 0.0694. The van der Waals surface area contributed by atoms with Crippen LogP contribution in [0.5, 0.6) is 0 Å². The predicted molar refractivity (Wildman–Crippen MR) is 94.1 cm³/mol. The number of hydrogen-bond donors (Lipinski definition) is 1. The molecule has 1 aliphatic rings. The summed E-state index contributed by atoms with van der Waals surface area (Å²) in [5, 5.41) is 23.0. The third kappa shape index (κ3) is 3.51. The van der Waals surface area contributed by atoms with Crippen LogP contribution in [-0.4, -0.2) is 32.8 Å². The van der Waals surface area contributed by atoms with Gasteiger partial charge in [-0.15, -0.1) is 10.2 Å². The number of nitrogens with one attached hydrogen (secondary N) is 1. The van der Waals surface area contributed by atoms with Crippen molar-refractivity contribution in [2.75, 3.05) is 12.4 Å². The highest BCUT2D eigenvalue weighted by Gasteiger charge is 2.25. The fraction of sp³-hybridized carbons (Fsp3) is 0.471. The Hall–Kier alpha value is -2.97. The van der Waals surface area contributed by atoms with Crippen LogP contribution in [0, 0.1) is 17.0 Å². The molecule has 2 heterocycles. The Morgan fingerprint density at radius 3 is 2.88 bits per heavy atom. The fourth-order valence-corrected chi connectivity index (χ4v) is 3.25. The molecule has 1 N–H and O–H groups in total. The van der Waals surface area contributed by atoms with Gasteiger partial charge in [0.1, 0.15) is 11.4 Å². The van der Waals surface area contributed by atoms with Crippen molar-refractivity contribution in [2.24, 2.45) is 0 Å². The summed E-state index contributed by atoms with van der Waals surface area (Å²) in [6.45, 7) is 2.91. The Morgan fingerprint density at radius 1 is 1.35 bits per heavy atom. The number of nitro benzene ring substituents is 1. The zero-order valence-corrected chi connectivity index (χ0v) is 14.8. The summed E-state index contributed by atoms with van der Waals surface area (Å²) in [6, 6.07) is 3.08. The first-order valence-electron chi connectivity index (χ1n) is 8.53. The van der Waals surface area contributed by atoms with Gasteiger partial charge >= 0.3 is 5.97 Å². The van der Waals surface area contributed by atoms with E-state index in [1.807, 2.05) is 0 Å². The number of nitro groups is 1. The van der Waals surface area contributed by atoms with Gasteiger partial charge in [-0.2, -0.15) is 0 Å². The molecule has 1 aliphatic heterocycles. The predicted octanol–water partition coefficient (Wildman–Crippen LogP) is 2.62. The van der Waals surface area contributed by atoms with Gasteiger partial charge < -0.3 is 14.6 Å². The van der Waals surface area contributed by atoms with Gasteiger partial charge in [-0.1, -0.05) is 6.42 Å². The molecule has 0 saturated heterocycles. The van der Waals surface area contributed by atoms with E-state index in [1.165, 1.54) is 19.6 Å². The third-order valence-electron chi connectivity index (χ3n) is 4.53.